The van der Waals surface area contributed by atoms with Gasteiger partial charge in [-0.05, 0) is 24.1 Å². The summed E-state index contributed by atoms with van der Waals surface area (Å²) in [6.45, 7) is 2.53. The molecule has 19 heavy (non-hydrogen) atoms. The molecular formula is C13H20N2O3S. The van der Waals surface area contributed by atoms with Crippen molar-refractivity contribution in [3.63, 3.8) is 0 Å². The lowest BCUT2D eigenvalue weighted by molar-refractivity contribution is 0.263. The summed E-state index contributed by atoms with van der Waals surface area (Å²) in [5, 5.41) is 0. The zero-order valence-electron chi connectivity index (χ0n) is 11.2. The summed E-state index contributed by atoms with van der Waals surface area (Å²) < 4.78 is 31.0. The van der Waals surface area contributed by atoms with Crippen LogP contribution in [0.4, 0.5) is 0 Å². The Morgan fingerprint density at radius 1 is 1.53 bits per heavy atom. The van der Waals surface area contributed by atoms with Gasteiger partial charge in [-0.3, -0.25) is 0 Å². The van der Waals surface area contributed by atoms with Gasteiger partial charge in [-0.1, -0.05) is 13.0 Å². The lowest BCUT2D eigenvalue weighted by Crippen LogP contribution is -2.31. The summed E-state index contributed by atoms with van der Waals surface area (Å²) in [5.74, 6) is 0.736. The normalized spacial score (nSPS) is 20.5. The van der Waals surface area contributed by atoms with E-state index < -0.39 is 10.0 Å². The van der Waals surface area contributed by atoms with Gasteiger partial charge in [0.15, 0.2) is 0 Å². The van der Waals surface area contributed by atoms with Crippen LogP contribution in [0.2, 0.25) is 0 Å². The van der Waals surface area contributed by atoms with Crippen molar-refractivity contribution in [1.82, 2.24) is 4.72 Å². The molecule has 2 unspecified atom stereocenters. The third-order valence-corrected chi connectivity index (χ3v) is 4.01. The molecule has 6 heteroatoms. The van der Waals surface area contributed by atoms with Crippen LogP contribution in [0.1, 0.15) is 43.0 Å². The lowest BCUT2D eigenvalue weighted by Gasteiger charge is -2.27. The monoisotopic (exact) mass is 284 g/mol. The molecule has 0 saturated heterocycles. The predicted molar refractivity (Wildman–Crippen MR) is 74.5 cm³/mol. The Labute approximate surface area is 114 Å². The maximum absolute atomic E-state index is 11.4. The molecule has 5 nitrogen and oxygen atoms in total. The van der Waals surface area contributed by atoms with E-state index in [1.807, 2.05) is 25.1 Å². The van der Waals surface area contributed by atoms with E-state index in [-0.39, 0.29) is 12.1 Å². The Balaban J connectivity index is 2.35. The maximum Gasteiger partial charge on any atom is 0.209 e. The number of hydrogen-bond donors (Lipinski definition) is 2. The second kappa shape index (κ2) is 5.48. The molecule has 0 aromatic heterocycles. The quantitative estimate of drug-likeness (QED) is 0.877. The average molecular weight is 284 g/mol. The van der Waals surface area contributed by atoms with Crippen molar-refractivity contribution in [3.05, 3.63) is 29.3 Å². The van der Waals surface area contributed by atoms with Crippen molar-refractivity contribution in [1.29, 1.82) is 0 Å². The molecule has 1 aromatic carbocycles. The van der Waals surface area contributed by atoms with E-state index >= 15 is 0 Å². The Kier molecular flexibility index (Phi) is 4.13. The first-order valence-electron chi connectivity index (χ1n) is 6.40. The summed E-state index contributed by atoms with van der Waals surface area (Å²) in [7, 11) is -3.24. The molecule has 1 heterocycles. The topological polar surface area (TPSA) is 81.4 Å². The number of ether oxygens (including phenoxy) is 1. The molecule has 0 spiro atoms. The molecule has 2 rings (SSSR count). The molecule has 3 N–H and O–H groups in total. The number of nitrogens with two attached hydrogens (primary N) is 1. The predicted octanol–water partition coefficient (Wildman–Crippen LogP) is 1.47. The Morgan fingerprint density at radius 2 is 2.26 bits per heavy atom. The zero-order chi connectivity index (χ0) is 14.0. The van der Waals surface area contributed by atoms with Gasteiger partial charge in [0.1, 0.15) is 5.75 Å². The first-order valence-corrected chi connectivity index (χ1v) is 8.29. The maximum atomic E-state index is 11.4. The van der Waals surface area contributed by atoms with Crippen molar-refractivity contribution in [2.75, 3.05) is 12.9 Å². The van der Waals surface area contributed by atoms with Crippen molar-refractivity contribution < 1.29 is 13.2 Å². The second-order valence-corrected chi connectivity index (χ2v) is 6.67. The molecule has 0 bridgehead atoms. The minimum atomic E-state index is -3.24. The van der Waals surface area contributed by atoms with Gasteiger partial charge in [0.2, 0.25) is 10.0 Å². The van der Waals surface area contributed by atoms with Gasteiger partial charge in [-0.25, -0.2) is 13.1 Å². The highest BCUT2D eigenvalue weighted by molar-refractivity contribution is 7.88. The Bertz CT molecular complexity index is 557. The number of rotatable bonds is 4. The van der Waals surface area contributed by atoms with Crippen molar-refractivity contribution in [3.8, 4) is 5.75 Å². The molecule has 0 aliphatic carbocycles. The van der Waals surface area contributed by atoms with Gasteiger partial charge in [-0.2, -0.15) is 0 Å². The number of sulfonamides is 1. The van der Waals surface area contributed by atoms with Gasteiger partial charge in [-0.15, -0.1) is 0 Å². The SMILES string of the molecule is CCC(N)c1ccc2c(c1)C(NS(C)(=O)=O)CCO2. The molecule has 0 fully saturated rings. The second-order valence-electron chi connectivity index (χ2n) is 4.89. The van der Waals surface area contributed by atoms with Crippen LogP contribution in [-0.4, -0.2) is 21.3 Å². The third-order valence-electron chi connectivity index (χ3n) is 3.30. The van der Waals surface area contributed by atoms with Gasteiger partial charge < -0.3 is 10.5 Å². The molecule has 0 radical (unpaired) electrons. The van der Waals surface area contributed by atoms with Crippen LogP contribution in [0.3, 0.4) is 0 Å². The molecule has 2 atom stereocenters. The largest absolute Gasteiger partial charge is 0.493 e. The van der Waals surface area contributed by atoms with E-state index in [2.05, 4.69) is 4.72 Å². The fourth-order valence-electron chi connectivity index (χ4n) is 2.26. The van der Waals surface area contributed by atoms with E-state index in [0.29, 0.717) is 13.0 Å². The molecule has 0 amide bonds. The smallest absolute Gasteiger partial charge is 0.209 e. The first kappa shape index (κ1) is 14.3. The molecular weight excluding hydrogens is 264 g/mol. The van der Waals surface area contributed by atoms with Crippen molar-refractivity contribution in [2.24, 2.45) is 5.73 Å². The van der Waals surface area contributed by atoms with Gasteiger partial charge in [0.05, 0.1) is 18.9 Å². The first-order chi connectivity index (χ1) is 8.90. The van der Waals surface area contributed by atoms with Crippen molar-refractivity contribution in [2.45, 2.75) is 31.8 Å². The van der Waals surface area contributed by atoms with Crippen LogP contribution in [0.5, 0.6) is 5.75 Å². The summed E-state index contributed by atoms with van der Waals surface area (Å²) in [6, 6.07) is 5.49. The van der Waals surface area contributed by atoms with Gasteiger partial charge in [0.25, 0.3) is 0 Å². The summed E-state index contributed by atoms with van der Waals surface area (Å²) in [4.78, 5) is 0. The Morgan fingerprint density at radius 3 is 2.89 bits per heavy atom. The number of benzene rings is 1. The summed E-state index contributed by atoms with van der Waals surface area (Å²) in [5.41, 5.74) is 7.90. The highest BCUT2D eigenvalue weighted by atomic mass is 32.2. The van der Waals surface area contributed by atoms with E-state index in [1.165, 1.54) is 6.26 Å². The highest BCUT2D eigenvalue weighted by Crippen LogP contribution is 2.34. The standard InChI is InChI=1S/C13H20N2O3S/c1-3-11(14)9-4-5-13-10(8-9)12(6-7-18-13)15-19(2,16)17/h4-5,8,11-12,15H,3,6-7,14H2,1-2H3. The number of fused-ring (bicyclic) bond motifs is 1. The van der Waals surface area contributed by atoms with Gasteiger partial charge >= 0.3 is 0 Å². The van der Waals surface area contributed by atoms with Gasteiger partial charge in [0, 0.05) is 18.0 Å². The molecule has 0 saturated carbocycles. The fourth-order valence-corrected chi connectivity index (χ4v) is 3.02. The number of hydrogen-bond acceptors (Lipinski definition) is 4. The summed E-state index contributed by atoms with van der Waals surface area (Å²) >= 11 is 0. The average Bonchev–Trinajstić information content (AvgIpc) is 2.36. The van der Waals surface area contributed by atoms with Crippen LogP contribution in [0.25, 0.3) is 0 Å². The number of nitrogens with one attached hydrogen (secondary N) is 1. The zero-order valence-corrected chi connectivity index (χ0v) is 12.0. The van der Waals surface area contributed by atoms with Crippen LogP contribution < -0.4 is 15.2 Å². The lowest BCUT2D eigenvalue weighted by atomic mass is 9.96. The van der Waals surface area contributed by atoms with Crippen LogP contribution in [0.15, 0.2) is 18.2 Å². The van der Waals surface area contributed by atoms with E-state index in [9.17, 15) is 8.42 Å². The van der Waals surface area contributed by atoms with Crippen LogP contribution in [-0.2, 0) is 10.0 Å². The Hall–Kier alpha value is -1.11. The summed E-state index contributed by atoms with van der Waals surface area (Å²) in [6.07, 6.45) is 2.64. The minimum absolute atomic E-state index is 0.0360. The molecule has 1 aliphatic heterocycles. The fraction of sp³-hybridized carbons (Fsp3) is 0.538. The third kappa shape index (κ3) is 3.46. The molecule has 1 aliphatic rings. The van der Waals surface area contributed by atoms with E-state index in [4.69, 9.17) is 10.5 Å². The minimum Gasteiger partial charge on any atom is -0.493 e. The van der Waals surface area contributed by atoms with E-state index in [0.717, 1.165) is 23.3 Å². The van der Waals surface area contributed by atoms with Crippen LogP contribution >= 0.6 is 0 Å². The van der Waals surface area contributed by atoms with E-state index in [1.54, 1.807) is 0 Å². The van der Waals surface area contributed by atoms with Crippen molar-refractivity contribution >= 4 is 10.0 Å². The van der Waals surface area contributed by atoms with Crippen LogP contribution in [0, 0.1) is 0 Å². The highest BCUT2D eigenvalue weighted by Gasteiger charge is 2.24. The molecule has 1 aromatic rings. The molecule has 106 valence electrons.